The summed E-state index contributed by atoms with van der Waals surface area (Å²) < 4.78 is 5.30. The number of ether oxygens (including phenoxy) is 1. The van der Waals surface area contributed by atoms with E-state index in [1.807, 2.05) is 30.5 Å². The third kappa shape index (κ3) is 3.24. The van der Waals surface area contributed by atoms with E-state index in [1.165, 1.54) is 0 Å². The normalized spacial score (nSPS) is 31.5. The fourth-order valence-electron chi connectivity index (χ4n) is 4.88. The van der Waals surface area contributed by atoms with Gasteiger partial charge in [-0.15, -0.1) is 0 Å². The van der Waals surface area contributed by atoms with Gasteiger partial charge in [-0.1, -0.05) is 42.5 Å². The van der Waals surface area contributed by atoms with E-state index in [2.05, 4.69) is 50.1 Å². The molecule has 4 saturated heterocycles. The first kappa shape index (κ1) is 17.6. The zero-order valence-electron chi connectivity index (χ0n) is 16.2. The van der Waals surface area contributed by atoms with Crippen molar-refractivity contribution in [2.75, 3.05) is 46.8 Å². The summed E-state index contributed by atoms with van der Waals surface area (Å²) in [5.74, 6) is 0.825. The van der Waals surface area contributed by atoms with Crippen molar-refractivity contribution in [3.8, 4) is 5.75 Å². The molecule has 0 N–H and O–H groups in total. The second-order valence-electron chi connectivity index (χ2n) is 8.03. The van der Waals surface area contributed by atoms with Crippen LogP contribution in [0.15, 0.2) is 64.8 Å². The van der Waals surface area contributed by atoms with E-state index in [4.69, 9.17) is 9.84 Å². The zero-order valence-corrected chi connectivity index (χ0v) is 16.2. The standard InChI is InChI=1S/C22H25N5O/c1-28-20-9-5-6-18(10-20)11-23-24-21(19-7-3-2-4-8-19)22-12-25-15-26(13-22)17-27(14-22)16-25/h2-11H,12-17H2,1H3/b23-11+,24-21-. The number of nitrogens with zero attached hydrogens (tertiary/aromatic N) is 5. The maximum absolute atomic E-state index is 5.30. The highest BCUT2D eigenvalue weighted by molar-refractivity contribution is 6.05. The third-order valence-electron chi connectivity index (χ3n) is 5.79. The minimum absolute atomic E-state index is 0.00181. The summed E-state index contributed by atoms with van der Waals surface area (Å²) in [5, 5.41) is 9.30. The van der Waals surface area contributed by atoms with Crippen LogP contribution in [0.5, 0.6) is 5.75 Å². The molecule has 4 bridgehead atoms. The summed E-state index contributed by atoms with van der Waals surface area (Å²) in [4.78, 5) is 7.54. The molecule has 6 nitrogen and oxygen atoms in total. The van der Waals surface area contributed by atoms with Crippen molar-refractivity contribution in [3.05, 3.63) is 65.7 Å². The maximum Gasteiger partial charge on any atom is 0.119 e. The molecule has 0 atom stereocenters. The first-order valence-electron chi connectivity index (χ1n) is 9.72. The lowest BCUT2D eigenvalue weighted by Gasteiger charge is -2.60. The number of benzene rings is 2. The van der Waals surface area contributed by atoms with Crippen molar-refractivity contribution in [3.63, 3.8) is 0 Å². The minimum Gasteiger partial charge on any atom is -0.497 e. The molecule has 4 aliphatic rings. The highest BCUT2D eigenvalue weighted by Gasteiger charge is 2.51. The van der Waals surface area contributed by atoms with Crippen molar-refractivity contribution < 1.29 is 4.74 Å². The molecule has 0 saturated carbocycles. The maximum atomic E-state index is 5.30. The van der Waals surface area contributed by atoms with Gasteiger partial charge in [0.05, 0.1) is 44.5 Å². The number of rotatable bonds is 5. The van der Waals surface area contributed by atoms with Crippen molar-refractivity contribution in [1.29, 1.82) is 0 Å². The van der Waals surface area contributed by atoms with Gasteiger partial charge in [0, 0.05) is 19.6 Å². The molecule has 0 spiro atoms. The zero-order chi connectivity index (χ0) is 19.0. The Balaban J connectivity index is 1.50. The molecule has 0 radical (unpaired) electrons. The summed E-state index contributed by atoms with van der Waals surface area (Å²) in [6.45, 7) is 6.32. The van der Waals surface area contributed by atoms with E-state index in [0.29, 0.717) is 0 Å². The van der Waals surface area contributed by atoms with E-state index in [1.54, 1.807) is 7.11 Å². The fraction of sp³-hybridized carbons (Fsp3) is 0.364. The summed E-state index contributed by atoms with van der Waals surface area (Å²) in [6.07, 6.45) is 1.81. The quantitative estimate of drug-likeness (QED) is 0.594. The van der Waals surface area contributed by atoms with Crippen LogP contribution in [0.3, 0.4) is 0 Å². The van der Waals surface area contributed by atoms with Crippen LogP contribution in [0.25, 0.3) is 0 Å². The molecule has 4 aliphatic heterocycles. The monoisotopic (exact) mass is 375 g/mol. The van der Waals surface area contributed by atoms with E-state index >= 15 is 0 Å². The molecule has 2 aromatic carbocycles. The molecule has 0 amide bonds. The van der Waals surface area contributed by atoms with Crippen LogP contribution in [-0.2, 0) is 0 Å². The highest BCUT2D eigenvalue weighted by Crippen LogP contribution is 2.38. The first-order chi connectivity index (χ1) is 13.7. The minimum atomic E-state index is 0.00181. The predicted molar refractivity (Wildman–Crippen MR) is 111 cm³/mol. The van der Waals surface area contributed by atoms with Crippen molar-refractivity contribution in [2.24, 2.45) is 15.6 Å². The van der Waals surface area contributed by atoms with Crippen LogP contribution in [0.4, 0.5) is 0 Å². The molecule has 0 aliphatic carbocycles. The van der Waals surface area contributed by atoms with Crippen LogP contribution in [-0.4, -0.2) is 73.4 Å². The van der Waals surface area contributed by atoms with Crippen molar-refractivity contribution in [2.45, 2.75) is 0 Å². The average molecular weight is 375 g/mol. The van der Waals surface area contributed by atoms with E-state index in [9.17, 15) is 0 Å². The highest BCUT2D eigenvalue weighted by atomic mass is 16.5. The molecule has 6 heteroatoms. The molecule has 144 valence electrons. The molecule has 4 fully saturated rings. The van der Waals surface area contributed by atoms with E-state index < -0.39 is 0 Å². The Bertz CT molecular complexity index is 873. The lowest BCUT2D eigenvalue weighted by molar-refractivity contribution is -0.149. The Morgan fingerprint density at radius 1 is 0.929 bits per heavy atom. The molecule has 6 rings (SSSR count). The predicted octanol–water partition coefficient (Wildman–Crippen LogP) is 2.32. The number of hydrogen-bond donors (Lipinski definition) is 0. The van der Waals surface area contributed by atoms with Crippen molar-refractivity contribution in [1.82, 2.24) is 14.7 Å². The fourth-order valence-corrected chi connectivity index (χ4v) is 4.88. The molecule has 2 aromatic rings. The number of hydrogen-bond acceptors (Lipinski definition) is 6. The van der Waals surface area contributed by atoms with Gasteiger partial charge in [-0.3, -0.25) is 14.7 Å². The number of methoxy groups -OCH3 is 1. The van der Waals surface area contributed by atoms with Crippen LogP contribution in [0.2, 0.25) is 0 Å². The molecule has 4 heterocycles. The first-order valence-corrected chi connectivity index (χ1v) is 9.72. The lowest BCUT2D eigenvalue weighted by Crippen LogP contribution is -2.74. The van der Waals surface area contributed by atoms with E-state index in [0.717, 1.165) is 62.2 Å². The lowest BCUT2D eigenvalue weighted by atomic mass is 9.74. The third-order valence-corrected chi connectivity index (χ3v) is 5.79. The Morgan fingerprint density at radius 3 is 2.25 bits per heavy atom. The Labute approximate surface area is 165 Å². The molecule has 28 heavy (non-hydrogen) atoms. The van der Waals surface area contributed by atoms with Crippen LogP contribution >= 0.6 is 0 Å². The topological polar surface area (TPSA) is 43.7 Å². The smallest absolute Gasteiger partial charge is 0.119 e. The van der Waals surface area contributed by atoms with Gasteiger partial charge in [0.15, 0.2) is 0 Å². The van der Waals surface area contributed by atoms with Gasteiger partial charge < -0.3 is 4.74 Å². The van der Waals surface area contributed by atoms with Crippen LogP contribution in [0.1, 0.15) is 11.1 Å². The Kier molecular flexibility index (Phi) is 4.47. The Hall–Kier alpha value is -2.54. The summed E-state index contributed by atoms with van der Waals surface area (Å²) in [7, 11) is 1.68. The van der Waals surface area contributed by atoms with Gasteiger partial charge >= 0.3 is 0 Å². The largest absolute Gasteiger partial charge is 0.497 e. The van der Waals surface area contributed by atoms with Crippen LogP contribution in [0, 0.1) is 5.41 Å². The molecular weight excluding hydrogens is 350 g/mol. The summed E-state index contributed by atoms with van der Waals surface area (Å²) >= 11 is 0. The van der Waals surface area contributed by atoms with Crippen molar-refractivity contribution >= 4 is 11.9 Å². The Morgan fingerprint density at radius 2 is 1.61 bits per heavy atom. The van der Waals surface area contributed by atoms with Gasteiger partial charge in [-0.05, 0) is 23.3 Å². The van der Waals surface area contributed by atoms with Gasteiger partial charge in [-0.25, -0.2) is 0 Å². The average Bonchev–Trinajstić information content (AvgIpc) is 2.71. The molecule has 0 unspecified atom stereocenters. The van der Waals surface area contributed by atoms with Crippen LogP contribution < -0.4 is 4.74 Å². The second kappa shape index (κ2) is 7.13. The second-order valence-corrected chi connectivity index (χ2v) is 8.03. The molecule has 0 aromatic heterocycles. The molecular formula is C22H25N5O. The summed E-state index contributed by atoms with van der Waals surface area (Å²) in [6, 6.07) is 18.4. The van der Waals surface area contributed by atoms with E-state index in [-0.39, 0.29) is 5.41 Å². The summed E-state index contributed by atoms with van der Waals surface area (Å²) in [5.41, 5.74) is 3.24. The van der Waals surface area contributed by atoms with Gasteiger partial charge in [0.25, 0.3) is 0 Å². The van der Waals surface area contributed by atoms with Gasteiger partial charge in [0.1, 0.15) is 5.75 Å². The van der Waals surface area contributed by atoms with Gasteiger partial charge in [0.2, 0.25) is 0 Å². The van der Waals surface area contributed by atoms with Gasteiger partial charge in [-0.2, -0.15) is 10.2 Å². The SMILES string of the molecule is COc1cccc(/C=N/N=C(/c2ccccc2)C23CN4CN(CN(C4)C2)C3)c1.